The number of allylic oxidation sites excluding steroid dienone is 4. The Hall–Kier alpha value is -8.00. The molecule has 9 aromatic rings. The van der Waals surface area contributed by atoms with Crippen molar-refractivity contribution in [1.29, 1.82) is 0 Å². The van der Waals surface area contributed by atoms with Gasteiger partial charge in [-0.15, -0.1) is 0 Å². The molecule has 1 fully saturated rings. The summed E-state index contributed by atoms with van der Waals surface area (Å²) in [5.41, 5.74) is 23.1. The van der Waals surface area contributed by atoms with Crippen LogP contribution in [0.25, 0.3) is 67.8 Å². The third-order valence-electron chi connectivity index (χ3n) is 14.7. The number of hydrogen-bond donors (Lipinski definition) is 0. The number of benzene rings is 9. The molecule has 1 saturated carbocycles. The molecular formula is C67H53N. The number of anilines is 3. The van der Waals surface area contributed by atoms with Crippen molar-refractivity contribution in [1.82, 2.24) is 0 Å². The molecule has 1 unspecified atom stereocenters. The summed E-state index contributed by atoms with van der Waals surface area (Å²) in [5, 5.41) is 0. The maximum absolute atomic E-state index is 2.50. The van der Waals surface area contributed by atoms with Gasteiger partial charge < -0.3 is 4.90 Å². The molecule has 0 saturated heterocycles. The van der Waals surface area contributed by atoms with Crippen LogP contribution in [0.4, 0.5) is 17.1 Å². The normalized spacial score (nSPS) is 15.4. The molecule has 1 nitrogen and oxygen atoms in total. The minimum Gasteiger partial charge on any atom is -0.310 e. The van der Waals surface area contributed by atoms with E-state index in [0.717, 1.165) is 6.42 Å². The third-order valence-corrected chi connectivity index (χ3v) is 14.7. The van der Waals surface area contributed by atoms with E-state index in [4.69, 9.17) is 0 Å². The second-order valence-electron chi connectivity index (χ2n) is 18.7. The van der Waals surface area contributed by atoms with Crippen LogP contribution in [0.1, 0.15) is 65.8 Å². The van der Waals surface area contributed by atoms with Crippen LogP contribution in [-0.4, -0.2) is 0 Å². The fourth-order valence-corrected chi connectivity index (χ4v) is 11.6. The van der Waals surface area contributed by atoms with Gasteiger partial charge in [-0.25, -0.2) is 0 Å². The average Bonchev–Trinajstić information content (AvgIpc) is 4.02. The van der Waals surface area contributed by atoms with Crippen LogP contribution in [-0.2, 0) is 5.41 Å². The lowest BCUT2D eigenvalue weighted by Crippen LogP contribution is -2.21. The first-order valence-electron chi connectivity index (χ1n) is 24.4. The van der Waals surface area contributed by atoms with Crippen LogP contribution in [0, 0.1) is 0 Å². The highest BCUT2D eigenvalue weighted by Crippen LogP contribution is 2.58. The average molecular weight is 872 g/mol. The van der Waals surface area contributed by atoms with E-state index in [1.807, 2.05) is 0 Å². The maximum Gasteiger partial charge on any atom is 0.0465 e. The molecule has 68 heavy (non-hydrogen) atoms. The van der Waals surface area contributed by atoms with Gasteiger partial charge in [0.25, 0.3) is 0 Å². The van der Waals surface area contributed by atoms with Crippen LogP contribution in [0.15, 0.2) is 243 Å². The lowest BCUT2D eigenvalue weighted by molar-refractivity contribution is 0.550. The summed E-state index contributed by atoms with van der Waals surface area (Å²) < 4.78 is 0. The largest absolute Gasteiger partial charge is 0.310 e. The summed E-state index contributed by atoms with van der Waals surface area (Å²) in [4.78, 5) is 2.40. The predicted molar refractivity (Wildman–Crippen MR) is 289 cm³/mol. The van der Waals surface area contributed by atoms with Crippen LogP contribution in [0.2, 0.25) is 0 Å². The molecule has 326 valence electrons. The summed E-state index contributed by atoms with van der Waals surface area (Å²) in [5.74, 6) is 0.257. The zero-order chi connectivity index (χ0) is 45.3. The number of fused-ring (bicyclic) bond motifs is 5. The zero-order valence-corrected chi connectivity index (χ0v) is 38.3. The van der Waals surface area contributed by atoms with Crippen molar-refractivity contribution in [3.63, 3.8) is 0 Å². The second kappa shape index (κ2) is 18.0. The molecular weight excluding hydrogens is 819 g/mol. The standard InChI is InChI=1S/C67H53N/c1-7-21-50(22-8-1)60-47-61(65(53-25-11-3-12-26-53)66(54-27-13-4-14-28-54)64(60)52-23-9-2-10-24-52)51-38-35-48(36-39-51)33-34-49-37-41-58-59-42-40-57(46-63(59)67(62(58)45-49)43-19-20-44-67)68(55-29-15-5-16-30-55)56-31-17-6-18-32-56/h1-18,21,23-42,45-47,50H,19-20,22,43-44H2/b34-33+. The van der Waals surface area contributed by atoms with Gasteiger partial charge in [0.05, 0.1) is 0 Å². The molecule has 0 bridgehead atoms. The maximum atomic E-state index is 2.50. The highest BCUT2D eigenvalue weighted by atomic mass is 15.1. The van der Waals surface area contributed by atoms with Crippen LogP contribution in [0.3, 0.4) is 0 Å². The van der Waals surface area contributed by atoms with Gasteiger partial charge in [0.2, 0.25) is 0 Å². The Morgan fingerprint density at radius 1 is 0.397 bits per heavy atom. The third kappa shape index (κ3) is 7.55. The van der Waals surface area contributed by atoms with Crippen molar-refractivity contribution >= 4 is 29.2 Å². The van der Waals surface area contributed by atoms with Gasteiger partial charge in [-0.1, -0.05) is 225 Å². The molecule has 1 heteroatoms. The molecule has 0 radical (unpaired) electrons. The van der Waals surface area contributed by atoms with Crippen LogP contribution < -0.4 is 4.90 Å². The Kier molecular flexibility index (Phi) is 11.0. The summed E-state index contributed by atoms with van der Waals surface area (Å²) >= 11 is 0. The molecule has 0 N–H and O–H groups in total. The van der Waals surface area contributed by atoms with Crippen molar-refractivity contribution in [2.75, 3.05) is 4.90 Å². The molecule has 0 amide bonds. The minimum atomic E-state index is 0.0267. The predicted octanol–water partition coefficient (Wildman–Crippen LogP) is 18.4. The minimum absolute atomic E-state index is 0.0267. The molecule has 3 aliphatic rings. The SMILES string of the molecule is C1=CCC(c2cc(-c3ccc(/C=C/c4ccc5c(c4)C4(CCCC4)c4cc(N(c6ccccc6)c6ccccc6)ccc4-5)cc3)c(-c3ccccc3)c(-c3ccccc3)c2-c2ccccc2)C=C1. The monoisotopic (exact) mass is 871 g/mol. The smallest absolute Gasteiger partial charge is 0.0465 e. The van der Waals surface area contributed by atoms with Crippen LogP contribution >= 0.6 is 0 Å². The van der Waals surface area contributed by atoms with Gasteiger partial charge in [0.1, 0.15) is 0 Å². The number of rotatable bonds is 10. The number of nitrogens with zero attached hydrogens (tertiary/aromatic N) is 1. The first-order valence-corrected chi connectivity index (χ1v) is 24.4. The lowest BCUT2D eigenvalue weighted by Gasteiger charge is -2.30. The first-order chi connectivity index (χ1) is 33.7. The van der Waals surface area contributed by atoms with E-state index < -0.39 is 0 Å². The summed E-state index contributed by atoms with van der Waals surface area (Å²) in [7, 11) is 0. The lowest BCUT2D eigenvalue weighted by atomic mass is 9.76. The fraction of sp³-hybridized carbons (Fsp3) is 0.104. The van der Waals surface area contributed by atoms with Gasteiger partial charge in [0.15, 0.2) is 0 Å². The number of para-hydroxylation sites is 2. The summed E-state index contributed by atoms with van der Waals surface area (Å²) in [6, 6.07) is 80.8. The van der Waals surface area contributed by atoms with E-state index in [-0.39, 0.29) is 11.3 Å². The van der Waals surface area contributed by atoms with E-state index in [1.54, 1.807) is 0 Å². The molecule has 9 aromatic carbocycles. The van der Waals surface area contributed by atoms with E-state index in [0.29, 0.717) is 0 Å². The Labute approximate surface area is 401 Å². The summed E-state index contributed by atoms with van der Waals surface area (Å²) in [6.07, 6.45) is 19.5. The molecule has 0 heterocycles. The van der Waals surface area contributed by atoms with E-state index in [9.17, 15) is 0 Å². The van der Waals surface area contributed by atoms with Gasteiger partial charge in [-0.05, 0) is 145 Å². The molecule has 0 aromatic heterocycles. The van der Waals surface area contributed by atoms with Crippen molar-refractivity contribution in [2.24, 2.45) is 0 Å². The molecule has 0 aliphatic heterocycles. The Morgan fingerprint density at radius 3 is 1.50 bits per heavy atom. The van der Waals surface area contributed by atoms with Crippen molar-refractivity contribution in [3.05, 3.63) is 271 Å². The fourth-order valence-electron chi connectivity index (χ4n) is 11.6. The Bertz CT molecular complexity index is 3280. The molecule has 1 spiro atoms. The topological polar surface area (TPSA) is 3.24 Å². The second-order valence-corrected chi connectivity index (χ2v) is 18.7. The Balaban J connectivity index is 0.919. The van der Waals surface area contributed by atoms with Crippen molar-refractivity contribution in [3.8, 4) is 55.6 Å². The van der Waals surface area contributed by atoms with Crippen molar-refractivity contribution in [2.45, 2.75) is 43.4 Å². The van der Waals surface area contributed by atoms with E-state index >= 15 is 0 Å². The van der Waals surface area contributed by atoms with Gasteiger partial charge in [-0.2, -0.15) is 0 Å². The van der Waals surface area contributed by atoms with E-state index in [1.165, 1.54) is 126 Å². The quantitative estimate of drug-likeness (QED) is 0.124. The molecule has 12 rings (SSSR count). The molecule has 3 aliphatic carbocycles. The highest BCUT2D eigenvalue weighted by molar-refractivity contribution is 6.03. The van der Waals surface area contributed by atoms with E-state index in [2.05, 4.69) is 260 Å². The highest BCUT2D eigenvalue weighted by Gasteiger charge is 2.45. The van der Waals surface area contributed by atoms with Crippen molar-refractivity contribution < 1.29 is 0 Å². The molecule has 1 atom stereocenters. The van der Waals surface area contributed by atoms with Crippen LogP contribution in [0.5, 0.6) is 0 Å². The van der Waals surface area contributed by atoms with Gasteiger partial charge >= 0.3 is 0 Å². The number of hydrogen-bond acceptors (Lipinski definition) is 1. The first kappa shape index (κ1) is 41.4. The zero-order valence-electron chi connectivity index (χ0n) is 38.3. The van der Waals surface area contributed by atoms with Gasteiger partial charge in [-0.3, -0.25) is 0 Å². The summed E-state index contributed by atoms with van der Waals surface area (Å²) in [6.45, 7) is 0. The Morgan fingerprint density at radius 2 is 0.912 bits per heavy atom. The van der Waals surface area contributed by atoms with Gasteiger partial charge in [0, 0.05) is 28.4 Å².